The van der Waals surface area contributed by atoms with Gasteiger partial charge in [0.05, 0.1) is 17.0 Å². The molecule has 1 aromatic heterocycles. The minimum Gasteiger partial charge on any atom is -0.369 e. The van der Waals surface area contributed by atoms with E-state index in [2.05, 4.69) is 28.9 Å². The molecule has 1 atom stereocenters. The number of amides is 1. The Balaban J connectivity index is 1.62. The van der Waals surface area contributed by atoms with Gasteiger partial charge < -0.3 is 10.6 Å². The number of piperidine rings is 1. The van der Waals surface area contributed by atoms with Gasteiger partial charge in [-0.25, -0.2) is 9.97 Å². The first-order valence-electron chi connectivity index (χ1n) is 9.94. The Labute approximate surface area is 165 Å². The molecule has 0 unspecified atom stereocenters. The standard InChI is InChI=1S/C22H26N4O2/c1-13-5-3-4-6-17(13)16-11-18-20(19(27)12-16)14(2)24-22(25-18)26-9-7-15(8-10-26)21(23)28/h3-6,15-16H,7-12H2,1-2H3,(H2,23,28)/t16-/m1/s1. The smallest absolute Gasteiger partial charge is 0.225 e. The number of nitrogens with zero attached hydrogens (tertiary/aromatic N) is 3. The highest BCUT2D eigenvalue weighted by Crippen LogP contribution is 2.35. The van der Waals surface area contributed by atoms with Crippen molar-refractivity contribution in [2.75, 3.05) is 18.0 Å². The van der Waals surface area contributed by atoms with Gasteiger partial charge in [0.2, 0.25) is 11.9 Å². The van der Waals surface area contributed by atoms with E-state index in [1.165, 1.54) is 11.1 Å². The Morgan fingerprint density at radius 2 is 1.82 bits per heavy atom. The van der Waals surface area contributed by atoms with Gasteiger partial charge in [-0.15, -0.1) is 0 Å². The first kappa shape index (κ1) is 18.6. The lowest BCUT2D eigenvalue weighted by Crippen LogP contribution is -2.39. The van der Waals surface area contributed by atoms with Crippen molar-refractivity contribution in [1.29, 1.82) is 0 Å². The number of primary amides is 1. The molecule has 1 aliphatic carbocycles. The van der Waals surface area contributed by atoms with Gasteiger partial charge in [-0.1, -0.05) is 24.3 Å². The Hall–Kier alpha value is -2.76. The summed E-state index contributed by atoms with van der Waals surface area (Å²) in [5.41, 5.74) is 10.2. The zero-order chi connectivity index (χ0) is 19.8. The number of Topliss-reactive ketones (excluding diaryl/α,β-unsaturated/α-hetero) is 1. The summed E-state index contributed by atoms with van der Waals surface area (Å²) in [5.74, 6) is 0.656. The van der Waals surface area contributed by atoms with Crippen LogP contribution in [0.4, 0.5) is 5.95 Å². The third-order valence-electron chi connectivity index (χ3n) is 6.11. The molecule has 1 aromatic carbocycles. The minimum atomic E-state index is -0.228. The number of ketones is 1. The van der Waals surface area contributed by atoms with Crippen LogP contribution in [0.25, 0.3) is 0 Å². The molecule has 2 aromatic rings. The van der Waals surface area contributed by atoms with E-state index in [9.17, 15) is 9.59 Å². The summed E-state index contributed by atoms with van der Waals surface area (Å²) in [7, 11) is 0. The van der Waals surface area contributed by atoms with Gasteiger partial charge in [-0.05, 0) is 50.2 Å². The number of carbonyl (C=O) groups excluding carboxylic acids is 2. The van der Waals surface area contributed by atoms with Crippen molar-refractivity contribution < 1.29 is 9.59 Å². The molecule has 0 saturated carbocycles. The number of aryl methyl sites for hydroxylation is 2. The highest BCUT2D eigenvalue weighted by molar-refractivity contribution is 5.99. The van der Waals surface area contributed by atoms with Crippen LogP contribution >= 0.6 is 0 Å². The predicted molar refractivity (Wildman–Crippen MR) is 107 cm³/mol. The Bertz CT molecular complexity index is 932. The van der Waals surface area contributed by atoms with E-state index in [0.717, 1.165) is 30.7 Å². The van der Waals surface area contributed by atoms with Crippen LogP contribution in [0.3, 0.4) is 0 Å². The molecule has 4 rings (SSSR count). The number of nitrogens with two attached hydrogens (primary N) is 1. The van der Waals surface area contributed by atoms with Gasteiger partial charge in [0.15, 0.2) is 5.78 Å². The summed E-state index contributed by atoms with van der Waals surface area (Å²) in [6, 6.07) is 8.26. The number of anilines is 1. The number of fused-ring (bicyclic) bond motifs is 1. The average Bonchev–Trinajstić information content (AvgIpc) is 2.67. The lowest BCUT2D eigenvalue weighted by atomic mass is 9.80. The van der Waals surface area contributed by atoms with Crippen LogP contribution in [0.2, 0.25) is 0 Å². The third kappa shape index (κ3) is 3.39. The van der Waals surface area contributed by atoms with E-state index in [0.29, 0.717) is 31.0 Å². The van der Waals surface area contributed by atoms with E-state index in [4.69, 9.17) is 10.7 Å². The number of hydrogen-bond donors (Lipinski definition) is 1. The van der Waals surface area contributed by atoms with Gasteiger partial charge >= 0.3 is 0 Å². The van der Waals surface area contributed by atoms with Crippen LogP contribution in [-0.4, -0.2) is 34.7 Å². The summed E-state index contributed by atoms with van der Waals surface area (Å²) >= 11 is 0. The molecule has 1 saturated heterocycles. The predicted octanol–water partition coefficient (Wildman–Crippen LogP) is 2.71. The van der Waals surface area contributed by atoms with Crippen LogP contribution in [0.5, 0.6) is 0 Å². The van der Waals surface area contributed by atoms with Gasteiger partial charge in [0, 0.05) is 25.4 Å². The molecule has 28 heavy (non-hydrogen) atoms. The quantitative estimate of drug-likeness (QED) is 0.887. The lowest BCUT2D eigenvalue weighted by molar-refractivity contribution is -0.122. The van der Waals surface area contributed by atoms with Crippen LogP contribution in [0.1, 0.15) is 58.1 Å². The number of benzene rings is 1. The van der Waals surface area contributed by atoms with Crippen LogP contribution in [0, 0.1) is 19.8 Å². The summed E-state index contributed by atoms with van der Waals surface area (Å²) < 4.78 is 0. The van der Waals surface area contributed by atoms with Gasteiger partial charge in [-0.2, -0.15) is 0 Å². The first-order chi connectivity index (χ1) is 13.4. The molecule has 1 amide bonds. The number of carbonyl (C=O) groups is 2. The maximum atomic E-state index is 12.9. The largest absolute Gasteiger partial charge is 0.369 e. The Morgan fingerprint density at radius 1 is 1.11 bits per heavy atom. The maximum absolute atomic E-state index is 12.9. The Morgan fingerprint density at radius 3 is 2.50 bits per heavy atom. The molecule has 6 heteroatoms. The number of aromatic nitrogens is 2. The molecule has 1 aliphatic heterocycles. The zero-order valence-corrected chi connectivity index (χ0v) is 16.4. The van der Waals surface area contributed by atoms with Crippen molar-refractivity contribution in [3.05, 3.63) is 52.3 Å². The van der Waals surface area contributed by atoms with E-state index in [-0.39, 0.29) is 23.5 Å². The van der Waals surface area contributed by atoms with E-state index < -0.39 is 0 Å². The van der Waals surface area contributed by atoms with E-state index in [1.54, 1.807) is 0 Å². The van der Waals surface area contributed by atoms with Crippen molar-refractivity contribution in [3.63, 3.8) is 0 Å². The summed E-state index contributed by atoms with van der Waals surface area (Å²) in [5, 5.41) is 0. The van der Waals surface area contributed by atoms with Gasteiger partial charge in [-0.3, -0.25) is 9.59 Å². The second-order valence-electron chi connectivity index (χ2n) is 7.98. The maximum Gasteiger partial charge on any atom is 0.225 e. The molecule has 2 N–H and O–H groups in total. The first-order valence-corrected chi connectivity index (χ1v) is 9.94. The molecule has 0 bridgehead atoms. The van der Waals surface area contributed by atoms with Crippen molar-refractivity contribution in [2.45, 2.75) is 45.4 Å². The summed E-state index contributed by atoms with van der Waals surface area (Å²) in [6.07, 6.45) is 2.70. The van der Waals surface area contributed by atoms with E-state index in [1.807, 2.05) is 19.1 Å². The van der Waals surface area contributed by atoms with Crippen molar-refractivity contribution >= 4 is 17.6 Å². The summed E-state index contributed by atoms with van der Waals surface area (Å²) in [4.78, 5) is 35.8. The zero-order valence-electron chi connectivity index (χ0n) is 16.4. The highest BCUT2D eigenvalue weighted by Gasteiger charge is 2.32. The molecule has 2 aliphatic rings. The normalized spacial score (nSPS) is 20.1. The molecule has 146 valence electrons. The fraction of sp³-hybridized carbons (Fsp3) is 0.455. The second-order valence-corrected chi connectivity index (χ2v) is 7.98. The molecule has 0 radical (unpaired) electrons. The van der Waals surface area contributed by atoms with Crippen LogP contribution in [0.15, 0.2) is 24.3 Å². The molecule has 1 fully saturated rings. The number of rotatable bonds is 3. The van der Waals surface area contributed by atoms with E-state index >= 15 is 0 Å². The molecule has 2 heterocycles. The van der Waals surface area contributed by atoms with Crippen molar-refractivity contribution in [2.24, 2.45) is 11.7 Å². The molecular weight excluding hydrogens is 352 g/mol. The molecule has 6 nitrogen and oxygen atoms in total. The highest BCUT2D eigenvalue weighted by atomic mass is 16.1. The van der Waals surface area contributed by atoms with Crippen molar-refractivity contribution in [3.8, 4) is 0 Å². The van der Waals surface area contributed by atoms with Crippen molar-refractivity contribution in [1.82, 2.24) is 9.97 Å². The Kier molecular flexibility index (Phi) is 4.87. The fourth-order valence-corrected chi connectivity index (χ4v) is 4.53. The minimum absolute atomic E-state index is 0.0676. The van der Waals surface area contributed by atoms with Gasteiger partial charge in [0.25, 0.3) is 0 Å². The molecule has 0 spiro atoms. The number of hydrogen-bond acceptors (Lipinski definition) is 5. The monoisotopic (exact) mass is 378 g/mol. The average molecular weight is 378 g/mol. The SMILES string of the molecule is Cc1ccccc1[C@H]1CC(=O)c2c(C)nc(N3CCC(C(N)=O)CC3)nc2C1. The van der Waals surface area contributed by atoms with Crippen LogP contribution in [-0.2, 0) is 11.2 Å². The molecular formula is C22H26N4O2. The fourth-order valence-electron chi connectivity index (χ4n) is 4.53. The lowest BCUT2D eigenvalue weighted by Gasteiger charge is -2.32. The summed E-state index contributed by atoms with van der Waals surface area (Å²) in [6.45, 7) is 5.41. The topological polar surface area (TPSA) is 89.2 Å². The van der Waals surface area contributed by atoms with Gasteiger partial charge in [0.1, 0.15) is 0 Å². The van der Waals surface area contributed by atoms with Crippen LogP contribution < -0.4 is 10.6 Å². The third-order valence-corrected chi connectivity index (χ3v) is 6.11. The second kappa shape index (κ2) is 7.34.